The summed E-state index contributed by atoms with van der Waals surface area (Å²) in [7, 11) is 0. The van der Waals surface area contributed by atoms with Gasteiger partial charge in [-0.15, -0.1) is 0 Å². The Morgan fingerprint density at radius 2 is 2.22 bits per heavy atom. The molecular formula is C14H22N2O2. The average molecular weight is 250 g/mol. The molecule has 18 heavy (non-hydrogen) atoms. The summed E-state index contributed by atoms with van der Waals surface area (Å²) < 4.78 is 5.08. The van der Waals surface area contributed by atoms with Gasteiger partial charge in [-0.2, -0.15) is 0 Å². The van der Waals surface area contributed by atoms with Crippen LogP contribution in [0.3, 0.4) is 0 Å². The van der Waals surface area contributed by atoms with Crippen LogP contribution in [0.1, 0.15) is 44.7 Å². The lowest BCUT2D eigenvalue weighted by molar-refractivity contribution is -0.147. The summed E-state index contributed by atoms with van der Waals surface area (Å²) in [5.41, 5.74) is 8.00. The number of rotatable bonds is 6. The highest BCUT2D eigenvalue weighted by Crippen LogP contribution is 2.14. The Labute approximate surface area is 109 Å². The molecule has 0 saturated carbocycles. The number of nitrogens with two attached hydrogens (primary N) is 1. The summed E-state index contributed by atoms with van der Waals surface area (Å²) in [4.78, 5) is 15.5. The number of carbonyl (C=O) groups excluding carboxylic acids is 1. The van der Waals surface area contributed by atoms with Crippen LogP contribution < -0.4 is 5.73 Å². The van der Waals surface area contributed by atoms with Crippen LogP contribution in [0, 0.1) is 0 Å². The maximum atomic E-state index is 11.4. The zero-order chi connectivity index (χ0) is 13.5. The molecule has 1 heterocycles. The van der Waals surface area contributed by atoms with Crippen LogP contribution in [0.4, 0.5) is 5.82 Å². The molecule has 100 valence electrons. The summed E-state index contributed by atoms with van der Waals surface area (Å²) in [5.74, 6) is 0.410. The van der Waals surface area contributed by atoms with Crippen LogP contribution in [-0.4, -0.2) is 17.1 Å². The predicted molar refractivity (Wildman–Crippen MR) is 72.2 cm³/mol. The van der Waals surface area contributed by atoms with E-state index in [1.807, 2.05) is 13.8 Å². The Kier molecular flexibility index (Phi) is 5.62. The van der Waals surface area contributed by atoms with Gasteiger partial charge in [-0.3, -0.25) is 4.79 Å². The van der Waals surface area contributed by atoms with Crippen molar-refractivity contribution in [1.29, 1.82) is 0 Å². The van der Waals surface area contributed by atoms with Gasteiger partial charge in [0.15, 0.2) is 0 Å². The fourth-order valence-electron chi connectivity index (χ4n) is 1.71. The number of anilines is 1. The van der Waals surface area contributed by atoms with Gasteiger partial charge in [0.25, 0.3) is 0 Å². The molecule has 4 nitrogen and oxygen atoms in total. The molecule has 0 amide bonds. The molecule has 0 aliphatic rings. The molecular weight excluding hydrogens is 228 g/mol. The summed E-state index contributed by atoms with van der Waals surface area (Å²) >= 11 is 0. The second-order valence-electron chi connectivity index (χ2n) is 4.63. The molecule has 0 saturated heterocycles. The van der Waals surface area contributed by atoms with Gasteiger partial charge in [-0.1, -0.05) is 13.0 Å². The van der Waals surface area contributed by atoms with Crippen molar-refractivity contribution in [2.75, 3.05) is 5.73 Å². The van der Waals surface area contributed by atoms with Gasteiger partial charge >= 0.3 is 5.97 Å². The van der Waals surface area contributed by atoms with E-state index in [1.54, 1.807) is 6.20 Å². The lowest BCUT2D eigenvalue weighted by atomic mass is 10.1. The van der Waals surface area contributed by atoms with E-state index in [0.717, 1.165) is 24.8 Å². The van der Waals surface area contributed by atoms with Crippen molar-refractivity contribution < 1.29 is 9.53 Å². The highest BCUT2D eigenvalue weighted by Gasteiger charge is 2.07. The second kappa shape index (κ2) is 6.99. The van der Waals surface area contributed by atoms with Crippen LogP contribution in [0.15, 0.2) is 12.3 Å². The van der Waals surface area contributed by atoms with Crippen LogP contribution in [0.25, 0.3) is 0 Å². The van der Waals surface area contributed by atoms with Gasteiger partial charge in [0.2, 0.25) is 0 Å². The smallest absolute Gasteiger partial charge is 0.306 e. The molecule has 0 fully saturated rings. The summed E-state index contributed by atoms with van der Waals surface area (Å²) in [6.45, 7) is 5.78. The minimum absolute atomic E-state index is 0.0485. The van der Waals surface area contributed by atoms with Gasteiger partial charge in [-0.25, -0.2) is 4.98 Å². The number of ether oxygens (including phenoxy) is 1. The molecule has 2 N–H and O–H groups in total. The van der Waals surface area contributed by atoms with Gasteiger partial charge in [0, 0.05) is 12.6 Å². The van der Waals surface area contributed by atoms with E-state index in [2.05, 4.69) is 18.0 Å². The van der Waals surface area contributed by atoms with Crippen molar-refractivity contribution in [3.63, 3.8) is 0 Å². The van der Waals surface area contributed by atoms with Crippen LogP contribution >= 0.6 is 0 Å². The van der Waals surface area contributed by atoms with Gasteiger partial charge in [0.05, 0.1) is 6.10 Å². The minimum atomic E-state index is -0.150. The van der Waals surface area contributed by atoms with E-state index < -0.39 is 0 Å². The Morgan fingerprint density at radius 1 is 1.50 bits per heavy atom. The quantitative estimate of drug-likeness (QED) is 0.788. The molecule has 1 aromatic heterocycles. The Morgan fingerprint density at radius 3 is 2.83 bits per heavy atom. The number of pyridine rings is 1. The largest absolute Gasteiger partial charge is 0.463 e. The summed E-state index contributed by atoms with van der Waals surface area (Å²) in [5, 5.41) is 0. The minimum Gasteiger partial charge on any atom is -0.463 e. The monoisotopic (exact) mass is 250 g/mol. The molecule has 0 aliphatic heterocycles. The van der Waals surface area contributed by atoms with E-state index >= 15 is 0 Å². The first-order chi connectivity index (χ1) is 8.52. The van der Waals surface area contributed by atoms with Crippen molar-refractivity contribution in [3.05, 3.63) is 23.4 Å². The third-order valence-corrected chi connectivity index (χ3v) is 2.66. The van der Waals surface area contributed by atoms with Gasteiger partial charge < -0.3 is 10.5 Å². The molecule has 0 radical (unpaired) electrons. The Hall–Kier alpha value is -1.58. The molecule has 0 aromatic carbocycles. The van der Waals surface area contributed by atoms with E-state index in [-0.39, 0.29) is 12.1 Å². The number of nitrogens with zero attached hydrogens (tertiary/aromatic N) is 1. The summed E-state index contributed by atoms with van der Waals surface area (Å²) in [6, 6.07) is 2.07. The maximum Gasteiger partial charge on any atom is 0.306 e. The third kappa shape index (κ3) is 4.73. The predicted octanol–water partition coefficient (Wildman–Crippen LogP) is 2.50. The number of carbonyl (C=O) groups is 1. The van der Waals surface area contributed by atoms with E-state index in [9.17, 15) is 4.79 Å². The van der Waals surface area contributed by atoms with Crippen LogP contribution in [-0.2, 0) is 22.4 Å². The molecule has 1 rings (SSSR count). The average Bonchev–Trinajstić information content (AvgIpc) is 2.30. The number of aromatic nitrogens is 1. The molecule has 1 aromatic rings. The normalized spacial score (nSPS) is 10.7. The van der Waals surface area contributed by atoms with Crippen LogP contribution in [0.5, 0.6) is 0 Å². The lowest BCUT2D eigenvalue weighted by Gasteiger charge is -2.09. The fourth-order valence-corrected chi connectivity index (χ4v) is 1.71. The standard InChI is InChI=1S/C14H22N2O2/c1-4-11-8-12(14(15)16-9-11)6-5-7-13(17)18-10(2)3/h8-10H,4-7H2,1-3H3,(H2,15,16). The first-order valence-electron chi connectivity index (χ1n) is 6.45. The van der Waals surface area contributed by atoms with Gasteiger partial charge in [-0.05, 0) is 44.2 Å². The number of nitrogen functional groups attached to an aromatic ring is 1. The first-order valence-corrected chi connectivity index (χ1v) is 6.45. The van der Waals surface area contributed by atoms with Crippen molar-refractivity contribution in [2.45, 2.75) is 52.6 Å². The van der Waals surface area contributed by atoms with E-state index in [0.29, 0.717) is 12.2 Å². The van der Waals surface area contributed by atoms with Gasteiger partial charge in [0.1, 0.15) is 5.82 Å². The van der Waals surface area contributed by atoms with E-state index in [1.165, 1.54) is 5.56 Å². The molecule has 0 unspecified atom stereocenters. The lowest BCUT2D eigenvalue weighted by Crippen LogP contribution is -2.11. The van der Waals surface area contributed by atoms with Crippen LogP contribution in [0.2, 0.25) is 0 Å². The number of hydrogen-bond donors (Lipinski definition) is 1. The van der Waals surface area contributed by atoms with Crippen molar-refractivity contribution in [1.82, 2.24) is 4.98 Å². The van der Waals surface area contributed by atoms with E-state index in [4.69, 9.17) is 10.5 Å². The second-order valence-corrected chi connectivity index (χ2v) is 4.63. The molecule has 0 aliphatic carbocycles. The Balaban J connectivity index is 2.46. The van der Waals surface area contributed by atoms with Crippen molar-refractivity contribution in [3.8, 4) is 0 Å². The molecule has 0 atom stereocenters. The molecule has 0 bridgehead atoms. The topological polar surface area (TPSA) is 65.2 Å². The first kappa shape index (κ1) is 14.5. The SMILES string of the molecule is CCc1cnc(N)c(CCCC(=O)OC(C)C)c1. The maximum absolute atomic E-state index is 11.4. The Bertz CT molecular complexity index is 403. The zero-order valence-electron chi connectivity index (χ0n) is 11.4. The van der Waals surface area contributed by atoms with Crippen molar-refractivity contribution >= 4 is 11.8 Å². The molecule has 4 heteroatoms. The fraction of sp³-hybridized carbons (Fsp3) is 0.571. The highest BCUT2D eigenvalue weighted by atomic mass is 16.5. The number of esters is 1. The highest BCUT2D eigenvalue weighted by molar-refractivity contribution is 5.69. The van der Waals surface area contributed by atoms with Crippen molar-refractivity contribution in [2.24, 2.45) is 0 Å². The third-order valence-electron chi connectivity index (χ3n) is 2.66. The number of hydrogen-bond acceptors (Lipinski definition) is 4. The molecule has 0 spiro atoms. The number of aryl methyl sites for hydroxylation is 2. The summed E-state index contributed by atoms with van der Waals surface area (Å²) in [6.07, 6.45) is 4.62. The zero-order valence-corrected chi connectivity index (χ0v) is 11.4.